The highest BCUT2D eigenvalue weighted by Crippen LogP contribution is 2.27. The molecule has 0 unspecified atom stereocenters. The van der Waals surface area contributed by atoms with E-state index in [2.05, 4.69) is 20.6 Å². The highest BCUT2D eigenvalue weighted by atomic mass is 35.5. The van der Waals surface area contributed by atoms with Crippen LogP contribution in [0.2, 0.25) is 5.02 Å². The maximum atomic E-state index is 5.92. The standard InChI is InChI=1S/C21H23ClN4O/c1-3-27-19-7-5-4-6-18(19)25-20-14-15(2)24-21(26-20)23-13-12-16-8-10-17(22)11-9-16/h4-11,14H,3,12-13H2,1-2H3,(H2,23,24,25,26). The van der Waals surface area contributed by atoms with Crippen LogP contribution >= 0.6 is 11.6 Å². The number of hydrogen-bond donors (Lipinski definition) is 2. The summed E-state index contributed by atoms with van der Waals surface area (Å²) in [5, 5.41) is 7.36. The lowest BCUT2D eigenvalue weighted by atomic mass is 10.1. The second-order valence-corrected chi connectivity index (χ2v) is 6.51. The van der Waals surface area contributed by atoms with Crippen LogP contribution in [-0.2, 0) is 6.42 Å². The highest BCUT2D eigenvalue weighted by Gasteiger charge is 2.06. The van der Waals surface area contributed by atoms with Crippen LogP contribution in [0.4, 0.5) is 17.5 Å². The molecule has 2 aromatic carbocycles. The number of aryl methyl sites for hydroxylation is 1. The molecule has 1 aromatic heterocycles. The molecule has 5 nitrogen and oxygen atoms in total. The van der Waals surface area contributed by atoms with Crippen molar-refractivity contribution in [2.75, 3.05) is 23.8 Å². The second-order valence-electron chi connectivity index (χ2n) is 6.08. The molecular weight excluding hydrogens is 360 g/mol. The van der Waals surface area contributed by atoms with Crippen LogP contribution < -0.4 is 15.4 Å². The number of benzene rings is 2. The van der Waals surface area contributed by atoms with Crippen LogP contribution in [0.15, 0.2) is 54.6 Å². The van der Waals surface area contributed by atoms with Crippen LogP contribution in [0.25, 0.3) is 0 Å². The molecule has 0 radical (unpaired) electrons. The lowest BCUT2D eigenvalue weighted by Gasteiger charge is -2.13. The predicted molar refractivity (Wildman–Crippen MR) is 111 cm³/mol. The van der Waals surface area contributed by atoms with Gasteiger partial charge in [-0.2, -0.15) is 4.98 Å². The first-order chi connectivity index (χ1) is 13.1. The average molecular weight is 383 g/mol. The third-order valence-corrected chi connectivity index (χ3v) is 4.17. The SMILES string of the molecule is CCOc1ccccc1Nc1cc(C)nc(NCCc2ccc(Cl)cc2)n1. The van der Waals surface area contributed by atoms with Gasteiger partial charge >= 0.3 is 0 Å². The van der Waals surface area contributed by atoms with Crippen molar-refractivity contribution >= 4 is 29.1 Å². The number of rotatable bonds is 8. The summed E-state index contributed by atoms with van der Waals surface area (Å²) in [5.74, 6) is 2.12. The Morgan fingerprint density at radius 1 is 1.04 bits per heavy atom. The van der Waals surface area contributed by atoms with Crippen molar-refractivity contribution in [2.45, 2.75) is 20.3 Å². The molecule has 0 bridgehead atoms. The summed E-state index contributed by atoms with van der Waals surface area (Å²) in [4.78, 5) is 9.03. The van der Waals surface area contributed by atoms with Gasteiger partial charge in [0.05, 0.1) is 12.3 Å². The molecule has 1 heterocycles. The number of nitrogens with one attached hydrogen (secondary N) is 2. The Morgan fingerprint density at radius 2 is 1.81 bits per heavy atom. The van der Waals surface area contributed by atoms with Crippen molar-refractivity contribution in [3.8, 4) is 5.75 Å². The molecule has 6 heteroatoms. The maximum Gasteiger partial charge on any atom is 0.224 e. The smallest absolute Gasteiger partial charge is 0.224 e. The van der Waals surface area contributed by atoms with E-state index in [1.807, 2.05) is 68.4 Å². The molecule has 0 fully saturated rings. The van der Waals surface area contributed by atoms with Gasteiger partial charge in [-0.25, -0.2) is 4.98 Å². The summed E-state index contributed by atoms with van der Waals surface area (Å²) in [6, 6.07) is 17.6. The molecular formula is C21H23ClN4O. The molecule has 27 heavy (non-hydrogen) atoms. The second kappa shape index (κ2) is 9.24. The van der Waals surface area contributed by atoms with E-state index in [0.29, 0.717) is 12.6 Å². The van der Waals surface area contributed by atoms with Gasteiger partial charge in [0.25, 0.3) is 0 Å². The molecule has 0 saturated carbocycles. The Hall–Kier alpha value is -2.79. The first-order valence-corrected chi connectivity index (χ1v) is 9.34. The minimum atomic E-state index is 0.598. The summed E-state index contributed by atoms with van der Waals surface area (Å²) >= 11 is 5.92. The minimum Gasteiger partial charge on any atom is -0.492 e. The third-order valence-electron chi connectivity index (χ3n) is 3.91. The van der Waals surface area contributed by atoms with Crippen LogP contribution in [-0.4, -0.2) is 23.1 Å². The highest BCUT2D eigenvalue weighted by molar-refractivity contribution is 6.30. The van der Waals surface area contributed by atoms with Crippen molar-refractivity contribution in [3.05, 3.63) is 70.9 Å². The Kier molecular flexibility index (Phi) is 6.49. The molecule has 0 amide bonds. The largest absolute Gasteiger partial charge is 0.492 e. The lowest BCUT2D eigenvalue weighted by Crippen LogP contribution is -2.10. The first-order valence-electron chi connectivity index (χ1n) is 8.97. The van der Waals surface area contributed by atoms with E-state index >= 15 is 0 Å². The van der Waals surface area contributed by atoms with Crippen molar-refractivity contribution < 1.29 is 4.74 Å². The number of para-hydroxylation sites is 2. The molecule has 0 aliphatic carbocycles. The monoisotopic (exact) mass is 382 g/mol. The normalized spacial score (nSPS) is 10.5. The van der Waals surface area contributed by atoms with Crippen molar-refractivity contribution in [2.24, 2.45) is 0 Å². The van der Waals surface area contributed by atoms with Crippen LogP contribution in [0, 0.1) is 6.92 Å². The number of nitrogens with zero attached hydrogens (tertiary/aromatic N) is 2. The van der Waals surface area contributed by atoms with Gasteiger partial charge in [-0.15, -0.1) is 0 Å². The zero-order valence-electron chi connectivity index (χ0n) is 15.5. The van der Waals surface area contributed by atoms with Gasteiger partial charge in [0.1, 0.15) is 11.6 Å². The van der Waals surface area contributed by atoms with Crippen LogP contribution in [0.1, 0.15) is 18.2 Å². The van der Waals surface area contributed by atoms with Crippen LogP contribution in [0.3, 0.4) is 0 Å². The molecule has 3 rings (SSSR count). The lowest BCUT2D eigenvalue weighted by molar-refractivity contribution is 0.342. The van der Waals surface area contributed by atoms with E-state index < -0.39 is 0 Å². The molecule has 140 valence electrons. The fraction of sp³-hybridized carbons (Fsp3) is 0.238. The topological polar surface area (TPSA) is 59.1 Å². The molecule has 3 aromatic rings. The Balaban J connectivity index is 1.66. The zero-order chi connectivity index (χ0) is 19.1. The molecule has 0 spiro atoms. The summed E-state index contributed by atoms with van der Waals surface area (Å²) < 4.78 is 5.66. The van der Waals surface area contributed by atoms with Gasteiger partial charge < -0.3 is 15.4 Å². The third kappa shape index (κ3) is 5.59. The van der Waals surface area contributed by atoms with E-state index in [1.54, 1.807) is 0 Å². The Labute approximate surface area is 164 Å². The fourth-order valence-electron chi connectivity index (χ4n) is 2.67. The van der Waals surface area contributed by atoms with E-state index in [-0.39, 0.29) is 0 Å². The van der Waals surface area contributed by atoms with Gasteiger partial charge in [-0.3, -0.25) is 0 Å². The van der Waals surface area contributed by atoms with E-state index in [4.69, 9.17) is 16.3 Å². The van der Waals surface area contributed by atoms with Gasteiger partial charge in [0, 0.05) is 23.3 Å². The number of hydrogen-bond acceptors (Lipinski definition) is 5. The zero-order valence-corrected chi connectivity index (χ0v) is 16.3. The van der Waals surface area contributed by atoms with Gasteiger partial charge in [-0.1, -0.05) is 35.9 Å². The first kappa shape index (κ1) is 19.0. The number of aromatic nitrogens is 2. The summed E-state index contributed by atoms with van der Waals surface area (Å²) in [6.07, 6.45) is 0.865. The van der Waals surface area contributed by atoms with Crippen molar-refractivity contribution in [1.82, 2.24) is 9.97 Å². The maximum absolute atomic E-state index is 5.92. The predicted octanol–water partition coefficient (Wildman–Crippen LogP) is 5.24. The number of anilines is 3. The van der Waals surface area contributed by atoms with Gasteiger partial charge in [0.2, 0.25) is 5.95 Å². The van der Waals surface area contributed by atoms with Gasteiger partial charge in [-0.05, 0) is 50.1 Å². The van der Waals surface area contributed by atoms with E-state index in [1.165, 1.54) is 5.56 Å². The fourth-order valence-corrected chi connectivity index (χ4v) is 2.80. The van der Waals surface area contributed by atoms with Crippen LogP contribution in [0.5, 0.6) is 5.75 Å². The van der Waals surface area contributed by atoms with E-state index in [0.717, 1.165) is 40.9 Å². The summed E-state index contributed by atoms with van der Waals surface area (Å²) in [7, 11) is 0. The number of halogens is 1. The Morgan fingerprint density at radius 3 is 2.59 bits per heavy atom. The molecule has 0 atom stereocenters. The molecule has 0 aliphatic heterocycles. The average Bonchev–Trinajstić information content (AvgIpc) is 2.65. The van der Waals surface area contributed by atoms with Crippen molar-refractivity contribution in [1.29, 1.82) is 0 Å². The summed E-state index contributed by atoms with van der Waals surface area (Å²) in [5.41, 5.74) is 2.98. The quantitative estimate of drug-likeness (QED) is 0.558. The van der Waals surface area contributed by atoms with E-state index in [9.17, 15) is 0 Å². The number of ether oxygens (including phenoxy) is 1. The summed E-state index contributed by atoms with van der Waals surface area (Å²) in [6.45, 7) is 5.26. The Bertz CT molecular complexity index is 884. The molecule has 0 saturated heterocycles. The minimum absolute atomic E-state index is 0.598. The molecule has 2 N–H and O–H groups in total. The molecule has 0 aliphatic rings. The van der Waals surface area contributed by atoms with Crippen molar-refractivity contribution in [3.63, 3.8) is 0 Å². The van der Waals surface area contributed by atoms with Gasteiger partial charge in [0.15, 0.2) is 0 Å².